The normalized spacial score (nSPS) is 29.8. The first-order valence-corrected chi connectivity index (χ1v) is 15.4. The molecule has 4 atom stereocenters. The monoisotopic (exact) mass is 644 g/mol. The van der Waals surface area contributed by atoms with Gasteiger partial charge < -0.3 is 20.7 Å². The highest BCUT2D eigenvalue weighted by molar-refractivity contribution is 5.93. The lowest BCUT2D eigenvalue weighted by molar-refractivity contribution is -0.137. The lowest BCUT2D eigenvalue weighted by Crippen LogP contribution is -2.51. The molecule has 4 saturated heterocycles. The number of ether oxygens (including phenoxy) is 1. The van der Waals surface area contributed by atoms with Crippen LogP contribution < -0.4 is 20.7 Å². The minimum Gasteiger partial charge on any atom is -0.461 e. The average Bonchev–Trinajstić information content (AvgIpc) is 3.33. The number of anilines is 2. The molecule has 3 aromatic rings. The third kappa shape index (κ3) is 4.47. The molecule has 3 N–H and O–H groups in total. The van der Waals surface area contributed by atoms with Gasteiger partial charge in [-0.3, -0.25) is 9.88 Å². The summed E-state index contributed by atoms with van der Waals surface area (Å²) in [6, 6.07) is 3.46. The molecule has 1 saturated carbocycles. The summed E-state index contributed by atoms with van der Waals surface area (Å²) in [4.78, 5) is 17.3. The number of nitrogens with one attached hydrogen (secondary N) is 1. The Balaban J connectivity index is 1.22. The predicted molar refractivity (Wildman–Crippen MR) is 155 cm³/mol. The summed E-state index contributed by atoms with van der Waals surface area (Å²) < 4.78 is 92.9. The Hall–Kier alpha value is -3.90. The van der Waals surface area contributed by atoms with E-state index in [1.54, 1.807) is 0 Å². The first kappa shape index (κ1) is 29.5. The van der Waals surface area contributed by atoms with Crippen LogP contribution in [-0.2, 0) is 6.18 Å². The Bertz CT molecular complexity index is 1800. The van der Waals surface area contributed by atoms with Crippen molar-refractivity contribution in [1.82, 2.24) is 25.2 Å². The van der Waals surface area contributed by atoms with Crippen LogP contribution in [-0.4, -0.2) is 76.2 Å². The van der Waals surface area contributed by atoms with Crippen molar-refractivity contribution in [3.05, 3.63) is 35.3 Å². The molecular weight excluding hydrogens is 614 g/mol. The largest absolute Gasteiger partial charge is 0.461 e. The second-order valence-electron chi connectivity index (χ2n) is 13.5. The number of nitrogens with zero attached hydrogens (tertiary/aromatic N) is 6. The summed E-state index contributed by atoms with van der Waals surface area (Å²) in [5, 5.41) is 13.5. The zero-order valence-corrected chi connectivity index (χ0v) is 24.6. The number of aromatic nitrogens is 3. The highest BCUT2D eigenvalue weighted by Crippen LogP contribution is 2.69. The standard InChI is InChI=1S/C31H30F6N8O/c32-23-24(19-6-16(39)7-22(20(19)8-38)31(35,36)37)40-9-21-25(23)42-27(43-26(21)44-10-17-2-3-18(11-44)41-17)46-15-29-4-1-5-45(29)14-28(12-29)13-30(28,33)34/h6-7,9,17-18,41H,1-5,10-15,39H2/t17-,18+,28-,29-/m0/s1. The van der Waals surface area contributed by atoms with E-state index in [0.29, 0.717) is 44.5 Å². The van der Waals surface area contributed by atoms with Crippen molar-refractivity contribution in [3.63, 3.8) is 0 Å². The summed E-state index contributed by atoms with van der Waals surface area (Å²) in [5.74, 6) is -3.41. The van der Waals surface area contributed by atoms with Gasteiger partial charge in [0.1, 0.15) is 29.7 Å². The number of benzene rings is 1. The topological polar surface area (TPSA) is 116 Å². The van der Waals surface area contributed by atoms with Gasteiger partial charge in [0, 0.05) is 55.6 Å². The van der Waals surface area contributed by atoms with Gasteiger partial charge in [0.15, 0.2) is 5.82 Å². The number of hydrogen-bond acceptors (Lipinski definition) is 9. The molecule has 2 aromatic heterocycles. The molecule has 0 unspecified atom stereocenters. The minimum absolute atomic E-state index is 0.0326. The van der Waals surface area contributed by atoms with E-state index in [9.17, 15) is 27.2 Å². The summed E-state index contributed by atoms with van der Waals surface area (Å²) in [7, 11) is 0. The minimum atomic E-state index is -4.92. The van der Waals surface area contributed by atoms with Gasteiger partial charge in [-0.2, -0.15) is 28.4 Å². The molecule has 5 aliphatic rings. The molecule has 1 aromatic carbocycles. The van der Waals surface area contributed by atoms with E-state index in [4.69, 9.17) is 10.5 Å². The molecule has 15 heteroatoms. The van der Waals surface area contributed by atoms with E-state index in [0.717, 1.165) is 25.3 Å². The Morgan fingerprint density at radius 2 is 1.87 bits per heavy atom. The van der Waals surface area contributed by atoms with E-state index >= 15 is 4.39 Å². The fourth-order valence-electron chi connectivity index (χ4n) is 8.33. The first-order valence-electron chi connectivity index (χ1n) is 15.4. The Labute approximate surface area is 259 Å². The van der Waals surface area contributed by atoms with Gasteiger partial charge in [0.25, 0.3) is 5.92 Å². The quantitative estimate of drug-likeness (QED) is 0.296. The fourth-order valence-corrected chi connectivity index (χ4v) is 8.33. The maximum Gasteiger partial charge on any atom is 0.417 e. The molecule has 5 fully saturated rings. The van der Waals surface area contributed by atoms with Crippen molar-refractivity contribution in [2.75, 3.05) is 43.4 Å². The lowest BCUT2D eigenvalue weighted by atomic mass is 9.89. The molecule has 0 amide bonds. The van der Waals surface area contributed by atoms with Gasteiger partial charge >= 0.3 is 12.2 Å². The van der Waals surface area contributed by atoms with Crippen molar-refractivity contribution in [3.8, 4) is 23.3 Å². The molecule has 2 bridgehead atoms. The molecule has 4 aliphatic heterocycles. The molecular formula is C31H30F6N8O. The average molecular weight is 645 g/mol. The van der Waals surface area contributed by atoms with Crippen molar-refractivity contribution in [1.29, 1.82) is 5.26 Å². The zero-order valence-electron chi connectivity index (χ0n) is 24.6. The van der Waals surface area contributed by atoms with Gasteiger partial charge in [0.05, 0.1) is 27.5 Å². The molecule has 0 radical (unpaired) electrons. The maximum absolute atomic E-state index is 16.5. The number of alkyl halides is 5. The van der Waals surface area contributed by atoms with E-state index < -0.39 is 51.3 Å². The van der Waals surface area contributed by atoms with Crippen LogP contribution in [0.4, 0.5) is 37.8 Å². The van der Waals surface area contributed by atoms with Crippen LogP contribution in [0.15, 0.2) is 18.3 Å². The van der Waals surface area contributed by atoms with Gasteiger partial charge in [-0.05, 0) is 50.8 Å². The number of halogens is 6. The Morgan fingerprint density at radius 3 is 2.54 bits per heavy atom. The number of nitriles is 1. The summed E-state index contributed by atoms with van der Waals surface area (Å²) >= 11 is 0. The lowest BCUT2D eigenvalue weighted by Gasteiger charge is -2.34. The van der Waals surface area contributed by atoms with Crippen LogP contribution in [0.2, 0.25) is 0 Å². The third-order valence-electron chi connectivity index (χ3n) is 10.6. The summed E-state index contributed by atoms with van der Waals surface area (Å²) in [5.41, 5.74) is 0.485. The molecule has 9 nitrogen and oxygen atoms in total. The van der Waals surface area contributed by atoms with Crippen molar-refractivity contribution in [2.24, 2.45) is 5.41 Å². The van der Waals surface area contributed by atoms with E-state index in [1.165, 1.54) is 12.3 Å². The van der Waals surface area contributed by atoms with Gasteiger partial charge in [-0.15, -0.1) is 0 Å². The molecule has 242 valence electrons. The number of hydrogen-bond donors (Lipinski definition) is 2. The van der Waals surface area contributed by atoms with Crippen molar-refractivity contribution >= 4 is 22.4 Å². The first-order chi connectivity index (χ1) is 21.8. The van der Waals surface area contributed by atoms with Crippen LogP contribution in [0.25, 0.3) is 22.2 Å². The number of piperazine rings is 1. The third-order valence-corrected chi connectivity index (χ3v) is 10.6. The number of nitrogen functional groups attached to an aromatic ring is 1. The van der Waals surface area contributed by atoms with Crippen LogP contribution in [0.1, 0.15) is 49.7 Å². The molecule has 1 spiro atoms. The van der Waals surface area contributed by atoms with E-state index in [-0.39, 0.29) is 54.1 Å². The SMILES string of the molecule is N#Cc1c(-c2ncc3c(N4C[C@H]5CC[C@@H](C4)N5)nc(OC[C@@]45CCCN4C[C@@]4(CC4(F)F)C5)nc3c2F)cc(N)cc1C(F)(F)F. The number of fused-ring (bicyclic) bond motifs is 4. The zero-order chi connectivity index (χ0) is 32.2. The predicted octanol–water partition coefficient (Wildman–Crippen LogP) is 4.89. The smallest absolute Gasteiger partial charge is 0.417 e. The highest BCUT2D eigenvalue weighted by atomic mass is 19.4. The molecule has 6 heterocycles. The van der Waals surface area contributed by atoms with Crippen LogP contribution >= 0.6 is 0 Å². The van der Waals surface area contributed by atoms with Crippen molar-refractivity contribution in [2.45, 2.75) is 68.2 Å². The van der Waals surface area contributed by atoms with E-state index in [2.05, 4.69) is 25.2 Å². The molecule has 1 aliphatic carbocycles. The molecule has 46 heavy (non-hydrogen) atoms. The van der Waals surface area contributed by atoms with Crippen molar-refractivity contribution < 1.29 is 31.1 Å². The Kier molecular flexibility index (Phi) is 6.29. The number of rotatable bonds is 5. The van der Waals surface area contributed by atoms with Crippen LogP contribution in [0, 0.1) is 22.6 Å². The van der Waals surface area contributed by atoms with Gasteiger partial charge in [-0.1, -0.05) is 0 Å². The van der Waals surface area contributed by atoms with Gasteiger partial charge in [0.2, 0.25) is 0 Å². The van der Waals surface area contributed by atoms with Gasteiger partial charge in [-0.25, -0.2) is 13.2 Å². The highest BCUT2D eigenvalue weighted by Gasteiger charge is 2.77. The summed E-state index contributed by atoms with van der Waals surface area (Å²) in [6.45, 7) is 2.15. The second kappa shape index (κ2) is 9.80. The van der Waals surface area contributed by atoms with Crippen LogP contribution in [0.3, 0.4) is 0 Å². The fraction of sp³-hybridized carbons (Fsp3) is 0.548. The summed E-state index contributed by atoms with van der Waals surface area (Å²) in [6.07, 6.45) is -0.0616. The Morgan fingerprint density at radius 1 is 1.13 bits per heavy atom. The maximum atomic E-state index is 16.5. The number of pyridine rings is 1. The second-order valence-corrected chi connectivity index (χ2v) is 13.5. The number of nitrogens with two attached hydrogens (primary N) is 1. The van der Waals surface area contributed by atoms with E-state index in [1.807, 2.05) is 4.90 Å². The van der Waals surface area contributed by atoms with Crippen LogP contribution in [0.5, 0.6) is 6.01 Å². The molecule has 8 rings (SSSR count).